The highest BCUT2D eigenvalue weighted by Gasteiger charge is 2.07. The predicted octanol–water partition coefficient (Wildman–Crippen LogP) is 0.541. The minimum Gasteiger partial charge on any atom is -0.357 e. The number of likely N-dealkylation sites (N-methyl/N-ethyl adjacent to an activating group) is 1. The van der Waals surface area contributed by atoms with Gasteiger partial charge in [0.05, 0.1) is 44.4 Å². The van der Waals surface area contributed by atoms with E-state index < -0.39 is 0 Å². The van der Waals surface area contributed by atoms with Crippen molar-refractivity contribution >= 4 is 52.1 Å². The quantitative estimate of drug-likeness (QED) is 0.566. The smallest absolute Gasteiger partial charge is 0.243 e. The number of carbonyl (C=O) groups is 1. The summed E-state index contributed by atoms with van der Waals surface area (Å²) in [6.45, 7) is 1.74. The first-order valence-corrected chi connectivity index (χ1v) is 7.60. The predicted molar refractivity (Wildman–Crippen MR) is 91.4 cm³/mol. The molecule has 0 saturated carbocycles. The highest BCUT2D eigenvalue weighted by Crippen LogP contribution is 2.25. The zero-order valence-corrected chi connectivity index (χ0v) is 14.3. The van der Waals surface area contributed by atoms with Gasteiger partial charge in [0.25, 0.3) is 0 Å². The molecule has 8 heteroatoms. The molecule has 0 saturated heterocycles. The van der Waals surface area contributed by atoms with Crippen LogP contribution in [0.15, 0.2) is 18.2 Å². The van der Waals surface area contributed by atoms with Crippen molar-refractivity contribution in [3.05, 3.63) is 28.2 Å². The lowest BCUT2D eigenvalue weighted by molar-refractivity contribution is -0.856. The Morgan fingerprint density at radius 3 is 2.67 bits per heavy atom. The van der Waals surface area contributed by atoms with Gasteiger partial charge in [0.2, 0.25) is 5.91 Å². The van der Waals surface area contributed by atoms with Crippen LogP contribution in [-0.2, 0) is 4.79 Å². The number of anilines is 1. The van der Waals surface area contributed by atoms with Gasteiger partial charge in [0.15, 0.2) is 5.11 Å². The van der Waals surface area contributed by atoms with Gasteiger partial charge in [-0.05, 0) is 30.4 Å². The highest BCUT2D eigenvalue weighted by molar-refractivity contribution is 7.80. The Kier molecular flexibility index (Phi) is 7.74. The standard InChI is InChI=1S/C13H18Cl2N4OS/c1-19(2)6-5-16-13(21)17-8-12(20)18-11-7-9(14)3-4-10(11)15/h3-4,7H,5-6,8H2,1-2H3,(H,18,20)(H2,16,17,21)/p+1. The van der Waals surface area contributed by atoms with Crippen molar-refractivity contribution in [3.8, 4) is 0 Å². The molecule has 1 rings (SSSR count). The Bertz CT molecular complexity index is 511. The zero-order valence-electron chi connectivity index (χ0n) is 11.9. The topological polar surface area (TPSA) is 57.6 Å². The summed E-state index contributed by atoms with van der Waals surface area (Å²) in [6.07, 6.45) is 0. The van der Waals surface area contributed by atoms with E-state index in [0.717, 1.165) is 13.1 Å². The third-order valence-corrected chi connectivity index (χ3v) is 3.38. The average molecular weight is 350 g/mol. The van der Waals surface area contributed by atoms with Crippen LogP contribution in [0.5, 0.6) is 0 Å². The summed E-state index contributed by atoms with van der Waals surface area (Å²) in [5.74, 6) is -0.249. The van der Waals surface area contributed by atoms with Crippen molar-refractivity contribution in [1.82, 2.24) is 10.6 Å². The largest absolute Gasteiger partial charge is 0.357 e. The minimum atomic E-state index is -0.249. The maximum Gasteiger partial charge on any atom is 0.243 e. The zero-order chi connectivity index (χ0) is 15.8. The molecule has 0 atom stereocenters. The van der Waals surface area contributed by atoms with Crippen molar-refractivity contribution in [2.24, 2.45) is 0 Å². The van der Waals surface area contributed by atoms with E-state index in [-0.39, 0.29) is 12.5 Å². The molecular weight excluding hydrogens is 331 g/mol. The number of quaternary nitrogens is 1. The molecule has 21 heavy (non-hydrogen) atoms. The molecule has 1 aromatic carbocycles. The maximum atomic E-state index is 11.8. The molecule has 0 bridgehead atoms. The van der Waals surface area contributed by atoms with Crippen molar-refractivity contribution in [3.63, 3.8) is 0 Å². The first kappa shape index (κ1) is 18.0. The molecule has 116 valence electrons. The van der Waals surface area contributed by atoms with E-state index in [1.165, 1.54) is 4.90 Å². The van der Waals surface area contributed by atoms with Crippen LogP contribution in [0.3, 0.4) is 0 Å². The summed E-state index contributed by atoms with van der Waals surface area (Å²) in [5, 5.41) is 9.92. The number of nitrogens with one attached hydrogen (secondary N) is 4. The molecule has 5 nitrogen and oxygen atoms in total. The fourth-order valence-corrected chi connectivity index (χ4v) is 1.95. The molecule has 0 aromatic heterocycles. The Morgan fingerprint density at radius 2 is 2.00 bits per heavy atom. The van der Waals surface area contributed by atoms with Gasteiger partial charge in [-0.25, -0.2) is 0 Å². The number of carbonyl (C=O) groups excluding carboxylic acids is 1. The fraction of sp³-hybridized carbons (Fsp3) is 0.385. The molecule has 1 amide bonds. The number of thiocarbonyl (C=S) groups is 1. The number of amides is 1. The van der Waals surface area contributed by atoms with Crippen LogP contribution in [0.4, 0.5) is 5.69 Å². The molecule has 0 fully saturated rings. The van der Waals surface area contributed by atoms with Gasteiger partial charge in [-0.3, -0.25) is 4.79 Å². The lowest BCUT2D eigenvalue weighted by Crippen LogP contribution is -3.06. The van der Waals surface area contributed by atoms with Crippen molar-refractivity contribution in [2.45, 2.75) is 0 Å². The van der Waals surface area contributed by atoms with Crippen molar-refractivity contribution in [2.75, 3.05) is 39.0 Å². The highest BCUT2D eigenvalue weighted by atomic mass is 35.5. The van der Waals surface area contributed by atoms with Gasteiger partial charge in [-0.15, -0.1) is 0 Å². The number of hydrogen-bond donors (Lipinski definition) is 4. The summed E-state index contributed by atoms with van der Waals surface area (Å²) >= 11 is 16.9. The van der Waals surface area contributed by atoms with Crippen LogP contribution < -0.4 is 20.9 Å². The lowest BCUT2D eigenvalue weighted by atomic mass is 10.3. The second kappa shape index (κ2) is 9.04. The summed E-state index contributed by atoms with van der Waals surface area (Å²) in [7, 11) is 4.11. The molecule has 0 aliphatic heterocycles. The van der Waals surface area contributed by atoms with Crippen molar-refractivity contribution < 1.29 is 9.69 Å². The van der Waals surface area contributed by atoms with E-state index in [1.54, 1.807) is 18.2 Å². The van der Waals surface area contributed by atoms with Crippen LogP contribution in [0.2, 0.25) is 10.0 Å². The molecule has 0 unspecified atom stereocenters. The second-order valence-corrected chi connectivity index (χ2v) is 5.99. The molecule has 0 heterocycles. The monoisotopic (exact) mass is 349 g/mol. The van der Waals surface area contributed by atoms with Crippen molar-refractivity contribution in [1.29, 1.82) is 0 Å². The Morgan fingerprint density at radius 1 is 1.29 bits per heavy atom. The van der Waals surface area contributed by atoms with E-state index in [0.29, 0.717) is 20.8 Å². The van der Waals surface area contributed by atoms with Gasteiger partial charge < -0.3 is 20.9 Å². The third kappa shape index (κ3) is 7.47. The van der Waals surface area contributed by atoms with Gasteiger partial charge in [0.1, 0.15) is 0 Å². The third-order valence-electron chi connectivity index (χ3n) is 2.52. The van der Waals surface area contributed by atoms with Gasteiger partial charge in [0, 0.05) is 5.02 Å². The lowest BCUT2D eigenvalue weighted by Gasteiger charge is -2.12. The molecular formula is C13H19Cl2N4OS+. The molecule has 0 aliphatic rings. The molecule has 4 N–H and O–H groups in total. The fourth-order valence-electron chi connectivity index (χ4n) is 1.44. The summed E-state index contributed by atoms with van der Waals surface area (Å²) in [5.41, 5.74) is 0.478. The number of benzene rings is 1. The van der Waals surface area contributed by atoms with Gasteiger partial charge in [-0.2, -0.15) is 0 Å². The molecule has 0 aliphatic carbocycles. The van der Waals surface area contributed by atoms with E-state index in [1.807, 2.05) is 0 Å². The van der Waals surface area contributed by atoms with E-state index in [4.69, 9.17) is 35.4 Å². The van der Waals surface area contributed by atoms with E-state index >= 15 is 0 Å². The summed E-state index contributed by atoms with van der Waals surface area (Å²) in [6, 6.07) is 4.88. The normalized spacial score (nSPS) is 10.3. The van der Waals surface area contributed by atoms with E-state index in [2.05, 4.69) is 30.0 Å². The van der Waals surface area contributed by atoms with Crippen LogP contribution in [-0.4, -0.2) is 44.7 Å². The summed E-state index contributed by atoms with van der Waals surface area (Å²) in [4.78, 5) is 13.1. The van der Waals surface area contributed by atoms with Crippen LogP contribution >= 0.6 is 35.4 Å². The SMILES string of the molecule is C[NH+](C)CCNC(=S)NCC(=O)Nc1cc(Cl)ccc1Cl. The molecule has 1 aromatic rings. The van der Waals surface area contributed by atoms with Crippen LogP contribution in [0, 0.1) is 0 Å². The van der Waals surface area contributed by atoms with Crippen LogP contribution in [0.1, 0.15) is 0 Å². The van der Waals surface area contributed by atoms with Gasteiger partial charge in [-0.1, -0.05) is 23.2 Å². The minimum absolute atomic E-state index is 0.0590. The Balaban J connectivity index is 2.34. The average Bonchev–Trinajstić information content (AvgIpc) is 2.40. The Labute approximate surface area is 140 Å². The van der Waals surface area contributed by atoms with E-state index in [9.17, 15) is 4.79 Å². The van der Waals surface area contributed by atoms with Crippen LogP contribution in [0.25, 0.3) is 0 Å². The first-order valence-electron chi connectivity index (χ1n) is 6.44. The number of hydrogen-bond acceptors (Lipinski definition) is 2. The number of rotatable bonds is 6. The Hall–Kier alpha value is -1.08. The summed E-state index contributed by atoms with van der Waals surface area (Å²) < 4.78 is 0. The maximum absolute atomic E-state index is 11.8. The number of halogens is 2. The van der Waals surface area contributed by atoms with Gasteiger partial charge >= 0.3 is 0 Å². The molecule has 0 spiro atoms. The first-order chi connectivity index (χ1) is 9.88. The second-order valence-electron chi connectivity index (χ2n) is 4.74. The molecule has 0 radical (unpaired) electrons.